The molecule has 0 atom stereocenters. The minimum Gasteiger partial charge on any atom is -0.497 e. The molecule has 2 aromatic heterocycles. The molecule has 3 rings (SSSR count). The fourth-order valence-corrected chi connectivity index (χ4v) is 2.29. The van der Waals surface area contributed by atoms with E-state index in [0.29, 0.717) is 22.8 Å². The van der Waals surface area contributed by atoms with Crippen LogP contribution in [0.2, 0.25) is 0 Å². The lowest BCUT2D eigenvalue weighted by atomic mass is 10.2. The third kappa shape index (κ3) is 4.88. The van der Waals surface area contributed by atoms with Gasteiger partial charge in [-0.3, -0.25) is 9.59 Å². The molecule has 0 saturated heterocycles. The van der Waals surface area contributed by atoms with Crippen molar-refractivity contribution in [2.45, 2.75) is 6.54 Å². The second kappa shape index (κ2) is 8.57. The molecule has 0 spiro atoms. The number of ether oxygens (including phenoxy) is 1. The van der Waals surface area contributed by atoms with E-state index < -0.39 is 11.8 Å². The van der Waals surface area contributed by atoms with Crippen LogP contribution in [0.5, 0.6) is 5.75 Å². The summed E-state index contributed by atoms with van der Waals surface area (Å²) in [6.07, 6.45) is 4.46. The predicted octanol–water partition coefficient (Wildman–Crippen LogP) is 2.97. The maximum atomic E-state index is 12.5. The maximum absolute atomic E-state index is 12.5. The Morgan fingerprint density at radius 3 is 2.41 bits per heavy atom. The highest BCUT2D eigenvalue weighted by Gasteiger charge is 2.15. The van der Waals surface area contributed by atoms with Crippen molar-refractivity contribution in [2.24, 2.45) is 0 Å². The van der Waals surface area contributed by atoms with E-state index in [1.54, 1.807) is 55.6 Å². The zero-order valence-corrected chi connectivity index (χ0v) is 14.6. The number of amides is 2. The second-order valence-electron chi connectivity index (χ2n) is 5.52. The molecule has 0 fully saturated rings. The smallest absolute Gasteiger partial charge is 0.268 e. The number of hydrogen-bond donors (Lipinski definition) is 2. The van der Waals surface area contributed by atoms with Gasteiger partial charge in [0.2, 0.25) is 0 Å². The van der Waals surface area contributed by atoms with Crippen LogP contribution in [0.15, 0.2) is 75.6 Å². The van der Waals surface area contributed by atoms with E-state index in [0.717, 1.165) is 0 Å². The van der Waals surface area contributed by atoms with Crippen molar-refractivity contribution in [2.75, 3.05) is 7.11 Å². The maximum Gasteiger partial charge on any atom is 0.268 e. The van der Waals surface area contributed by atoms with Gasteiger partial charge in [0, 0.05) is 11.6 Å². The van der Waals surface area contributed by atoms with Gasteiger partial charge in [0.1, 0.15) is 23.0 Å². The lowest BCUT2D eigenvalue weighted by molar-refractivity contribution is -0.118. The Kier molecular flexibility index (Phi) is 5.73. The molecule has 0 bridgehead atoms. The Morgan fingerprint density at radius 2 is 1.78 bits per heavy atom. The molecule has 0 saturated carbocycles. The quantitative estimate of drug-likeness (QED) is 0.627. The summed E-state index contributed by atoms with van der Waals surface area (Å²) >= 11 is 0. The van der Waals surface area contributed by atoms with Crippen LogP contribution in [-0.2, 0) is 11.3 Å². The normalized spacial score (nSPS) is 11.1. The number of furan rings is 2. The van der Waals surface area contributed by atoms with Crippen LogP contribution >= 0.6 is 0 Å². The number of methoxy groups -OCH3 is 1. The molecule has 2 amide bonds. The Hall–Kier alpha value is -3.74. The van der Waals surface area contributed by atoms with Crippen LogP contribution in [-0.4, -0.2) is 18.9 Å². The first-order chi connectivity index (χ1) is 13.2. The number of rotatable bonds is 7. The molecule has 0 radical (unpaired) electrons. The molecule has 3 aromatic rings. The predicted molar refractivity (Wildman–Crippen MR) is 97.7 cm³/mol. The molecule has 1 aromatic carbocycles. The van der Waals surface area contributed by atoms with Crippen molar-refractivity contribution >= 4 is 17.9 Å². The number of carbonyl (C=O) groups is 2. The molecular formula is C20H18N2O5. The van der Waals surface area contributed by atoms with Crippen LogP contribution in [0.25, 0.3) is 6.08 Å². The highest BCUT2D eigenvalue weighted by atomic mass is 16.5. The zero-order valence-electron chi connectivity index (χ0n) is 14.6. The second-order valence-corrected chi connectivity index (χ2v) is 5.52. The highest BCUT2D eigenvalue weighted by Crippen LogP contribution is 2.12. The van der Waals surface area contributed by atoms with Gasteiger partial charge in [-0.25, -0.2) is 0 Å². The van der Waals surface area contributed by atoms with Gasteiger partial charge >= 0.3 is 0 Å². The molecule has 0 unspecified atom stereocenters. The average molecular weight is 366 g/mol. The zero-order chi connectivity index (χ0) is 19.1. The SMILES string of the molecule is COc1ccc(C(=O)N/C(=C\c2ccco2)C(=O)NCc2ccco2)cc1. The summed E-state index contributed by atoms with van der Waals surface area (Å²) in [5.74, 6) is 0.776. The first-order valence-corrected chi connectivity index (χ1v) is 8.17. The Bertz CT molecular complexity index is 910. The van der Waals surface area contributed by atoms with Gasteiger partial charge < -0.3 is 24.2 Å². The summed E-state index contributed by atoms with van der Waals surface area (Å²) in [5, 5.41) is 5.31. The van der Waals surface area contributed by atoms with Gasteiger partial charge in [-0.05, 0) is 48.5 Å². The van der Waals surface area contributed by atoms with Crippen molar-refractivity contribution in [1.29, 1.82) is 0 Å². The standard InChI is InChI=1S/C20H18N2O5/c1-25-15-8-6-14(7-9-15)19(23)22-18(12-16-4-2-10-26-16)20(24)21-13-17-5-3-11-27-17/h2-12H,13H2,1H3,(H,21,24)(H,22,23)/b18-12-. The Morgan fingerprint density at radius 1 is 1.04 bits per heavy atom. The van der Waals surface area contributed by atoms with Crippen LogP contribution in [0.4, 0.5) is 0 Å². The molecule has 7 nitrogen and oxygen atoms in total. The van der Waals surface area contributed by atoms with Gasteiger partial charge in [-0.15, -0.1) is 0 Å². The summed E-state index contributed by atoms with van der Waals surface area (Å²) in [4.78, 5) is 25.0. The fourth-order valence-electron chi connectivity index (χ4n) is 2.29. The van der Waals surface area contributed by atoms with E-state index in [1.165, 1.54) is 18.6 Å². The summed E-state index contributed by atoms with van der Waals surface area (Å²) in [5.41, 5.74) is 0.442. The molecule has 0 aliphatic heterocycles. The van der Waals surface area contributed by atoms with Crippen LogP contribution in [0, 0.1) is 0 Å². The van der Waals surface area contributed by atoms with Crippen molar-refractivity contribution in [3.63, 3.8) is 0 Å². The summed E-state index contributed by atoms with van der Waals surface area (Å²) in [6.45, 7) is 0.194. The number of benzene rings is 1. The largest absolute Gasteiger partial charge is 0.497 e. The van der Waals surface area contributed by atoms with E-state index in [4.69, 9.17) is 13.6 Å². The molecule has 0 aliphatic carbocycles. The summed E-state index contributed by atoms with van der Waals surface area (Å²) in [6, 6.07) is 13.4. The number of nitrogens with one attached hydrogen (secondary N) is 2. The van der Waals surface area contributed by atoms with Crippen molar-refractivity contribution < 1.29 is 23.2 Å². The molecular weight excluding hydrogens is 348 g/mol. The summed E-state index contributed by atoms with van der Waals surface area (Å²) in [7, 11) is 1.54. The van der Waals surface area contributed by atoms with Crippen LogP contribution in [0.3, 0.4) is 0 Å². The fraction of sp³-hybridized carbons (Fsp3) is 0.100. The van der Waals surface area contributed by atoms with Crippen molar-refractivity contribution in [3.8, 4) is 5.75 Å². The number of hydrogen-bond acceptors (Lipinski definition) is 5. The Balaban J connectivity index is 1.74. The average Bonchev–Trinajstić information content (AvgIpc) is 3.39. The van der Waals surface area contributed by atoms with Gasteiger partial charge in [-0.1, -0.05) is 0 Å². The Labute approximate surface area is 155 Å². The van der Waals surface area contributed by atoms with E-state index in [2.05, 4.69) is 10.6 Å². The lowest BCUT2D eigenvalue weighted by Gasteiger charge is -2.10. The minimum atomic E-state index is -0.468. The molecule has 2 N–H and O–H groups in total. The minimum absolute atomic E-state index is 0.0531. The van der Waals surface area contributed by atoms with Crippen molar-refractivity contribution in [3.05, 3.63) is 83.8 Å². The van der Waals surface area contributed by atoms with E-state index in [-0.39, 0.29) is 12.2 Å². The molecule has 138 valence electrons. The van der Waals surface area contributed by atoms with Crippen LogP contribution in [0.1, 0.15) is 21.9 Å². The molecule has 27 heavy (non-hydrogen) atoms. The third-order valence-electron chi connectivity index (χ3n) is 3.68. The summed E-state index contributed by atoms with van der Waals surface area (Å²) < 4.78 is 15.5. The number of carbonyl (C=O) groups excluding carboxylic acids is 2. The monoisotopic (exact) mass is 366 g/mol. The lowest BCUT2D eigenvalue weighted by Crippen LogP contribution is -2.34. The van der Waals surface area contributed by atoms with E-state index in [1.807, 2.05) is 0 Å². The third-order valence-corrected chi connectivity index (χ3v) is 3.68. The van der Waals surface area contributed by atoms with Gasteiger partial charge in [0.25, 0.3) is 11.8 Å². The molecule has 2 heterocycles. The van der Waals surface area contributed by atoms with Crippen molar-refractivity contribution in [1.82, 2.24) is 10.6 Å². The first-order valence-electron chi connectivity index (χ1n) is 8.17. The van der Waals surface area contributed by atoms with Crippen LogP contribution < -0.4 is 15.4 Å². The topological polar surface area (TPSA) is 93.7 Å². The van der Waals surface area contributed by atoms with Gasteiger partial charge in [-0.2, -0.15) is 0 Å². The highest BCUT2D eigenvalue weighted by molar-refractivity contribution is 6.05. The first kappa shape index (κ1) is 18.1. The van der Waals surface area contributed by atoms with E-state index >= 15 is 0 Å². The van der Waals surface area contributed by atoms with E-state index in [9.17, 15) is 9.59 Å². The van der Waals surface area contributed by atoms with Gasteiger partial charge in [0.05, 0.1) is 26.2 Å². The molecule has 0 aliphatic rings. The van der Waals surface area contributed by atoms with Gasteiger partial charge in [0.15, 0.2) is 0 Å². The molecule has 7 heteroatoms.